The molecule has 4 atom stereocenters. The molecule has 22 nitrogen and oxygen atoms in total. The number of nitrogens with two attached hydrogens (primary N) is 2. The molecule has 61 heavy (non-hydrogen) atoms. The van der Waals surface area contributed by atoms with Gasteiger partial charge in [0.1, 0.15) is 43.4 Å². The number of carbonyl (C=O) groups is 8. The number of ketones is 1. The van der Waals surface area contributed by atoms with Crippen LogP contribution in [-0.4, -0.2) is 150 Å². The monoisotopic (exact) mass is 855 g/mol. The highest BCUT2D eigenvalue weighted by atomic mass is 16.6. The predicted octanol–water partition coefficient (Wildman–Crippen LogP) is -2.05. The number of aliphatic carboxylic acids is 2. The number of aliphatic hydroxyl groups excluding tert-OH is 1. The van der Waals surface area contributed by atoms with E-state index in [1.165, 1.54) is 0 Å². The number of para-hydroxylation sites is 1. The van der Waals surface area contributed by atoms with E-state index in [2.05, 4.69) is 20.9 Å². The number of hydrogen-bond donors (Lipinski definition) is 9. The summed E-state index contributed by atoms with van der Waals surface area (Å²) in [5, 5.41) is 36.2. The summed E-state index contributed by atoms with van der Waals surface area (Å²) in [6.07, 6.45) is -2.24. The van der Waals surface area contributed by atoms with Gasteiger partial charge in [-0.2, -0.15) is 0 Å². The van der Waals surface area contributed by atoms with Crippen molar-refractivity contribution in [1.29, 1.82) is 0 Å². The molecule has 2 aliphatic heterocycles. The lowest BCUT2D eigenvalue weighted by molar-refractivity contribution is -0.987. The Kier molecular flexibility index (Phi) is 17.5. The summed E-state index contributed by atoms with van der Waals surface area (Å²) in [6.45, 7) is -0.485. The number of quaternary nitrogens is 1. The zero-order chi connectivity index (χ0) is 44.5. The summed E-state index contributed by atoms with van der Waals surface area (Å²) in [5.74, 6) is -7.58. The molecule has 2 heterocycles. The first kappa shape index (κ1) is 47.0. The Labute approximate surface area is 349 Å². The fourth-order valence-corrected chi connectivity index (χ4v) is 6.59. The Morgan fingerprint density at radius 3 is 2.20 bits per heavy atom. The van der Waals surface area contributed by atoms with Crippen molar-refractivity contribution in [3.63, 3.8) is 0 Å². The molecular formula is C39H51N8O14+. The van der Waals surface area contributed by atoms with Crippen molar-refractivity contribution in [3.05, 3.63) is 54.1 Å². The SMILES string of the molecule is NC(N)=NCCC[C@H](NC(=O)CCC(=O)OC[N+]1(C2CC(=O)c3cccc(-c4ccccc4)c3O2)CCOCC1)C(=O)NCC(=O)N[C@@H](CC(=O)O)C(=O)N[C@@H](CO)C(=O)O. The molecule has 4 rings (SSSR count). The van der Waals surface area contributed by atoms with Gasteiger partial charge in [-0.15, -0.1) is 0 Å². The number of fused-ring (bicyclic) bond motifs is 1. The van der Waals surface area contributed by atoms with Crippen molar-refractivity contribution in [1.82, 2.24) is 21.3 Å². The van der Waals surface area contributed by atoms with Crippen molar-refractivity contribution in [2.24, 2.45) is 16.5 Å². The highest BCUT2D eigenvalue weighted by molar-refractivity contribution is 6.02. The molecule has 11 N–H and O–H groups in total. The number of carbonyl (C=O) groups excluding carboxylic acids is 6. The van der Waals surface area contributed by atoms with E-state index in [4.69, 9.17) is 30.8 Å². The summed E-state index contributed by atoms with van der Waals surface area (Å²) in [4.78, 5) is 104. The maximum absolute atomic E-state index is 13.5. The van der Waals surface area contributed by atoms with E-state index in [-0.39, 0.29) is 55.2 Å². The number of nitrogens with one attached hydrogen (secondary N) is 4. The minimum atomic E-state index is -1.77. The van der Waals surface area contributed by atoms with Crippen LogP contribution in [0, 0.1) is 0 Å². The van der Waals surface area contributed by atoms with Crippen molar-refractivity contribution in [2.45, 2.75) is 62.9 Å². The topological polar surface area (TPSA) is 337 Å². The molecule has 0 aromatic heterocycles. The number of rotatable bonds is 22. The maximum atomic E-state index is 13.5. The van der Waals surface area contributed by atoms with Crippen LogP contribution >= 0.6 is 0 Å². The highest BCUT2D eigenvalue weighted by Gasteiger charge is 2.46. The average molecular weight is 856 g/mol. The summed E-state index contributed by atoms with van der Waals surface area (Å²) >= 11 is 0. The van der Waals surface area contributed by atoms with Gasteiger partial charge in [0.25, 0.3) is 0 Å². The highest BCUT2D eigenvalue weighted by Crippen LogP contribution is 2.40. The molecule has 22 heteroatoms. The summed E-state index contributed by atoms with van der Waals surface area (Å²) in [5.41, 5.74) is 12.8. The number of carboxylic acids is 2. The molecule has 2 aromatic carbocycles. The van der Waals surface area contributed by atoms with Crippen LogP contribution in [0.1, 0.15) is 48.9 Å². The first-order valence-electron chi connectivity index (χ1n) is 19.4. The number of benzene rings is 2. The van der Waals surface area contributed by atoms with Gasteiger partial charge in [-0.1, -0.05) is 42.5 Å². The van der Waals surface area contributed by atoms with Crippen LogP contribution in [0.5, 0.6) is 5.75 Å². The fraction of sp³-hybridized carbons (Fsp3) is 0.462. The molecule has 330 valence electrons. The molecule has 0 radical (unpaired) electrons. The van der Waals surface area contributed by atoms with Crippen LogP contribution < -0.4 is 37.5 Å². The standard InChI is InChI=1S/C39H50N8O14/c40-39(41)42-13-5-10-26(36(55)43-20-31(51)45-27(18-33(52)53)37(56)46-28(21-48)38(57)58)44-30(50)11-12-34(54)60-22-47(14-16-59-17-15-47)32-19-29(49)25-9-4-8-24(35(25)61-32)23-6-2-1-3-7-23/h1-4,6-9,26-28,32,48H,5,10-22H2,(H9-,40,41,42,43,44,45,46,50,51,52,53,55,56,57,58)/p+1/t26-,27-,28-,32?/m0/s1. The minimum Gasteiger partial charge on any atom is -0.481 e. The molecule has 1 fully saturated rings. The van der Waals surface area contributed by atoms with Crippen molar-refractivity contribution in [2.75, 3.05) is 52.7 Å². The van der Waals surface area contributed by atoms with Crippen LogP contribution in [0.15, 0.2) is 53.5 Å². The zero-order valence-electron chi connectivity index (χ0n) is 33.2. The number of aliphatic hydroxyl groups is 1. The first-order chi connectivity index (χ1) is 29.1. The second-order valence-corrected chi connectivity index (χ2v) is 14.3. The number of guanidine groups is 1. The van der Waals surface area contributed by atoms with Crippen LogP contribution in [0.2, 0.25) is 0 Å². The van der Waals surface area contributed by atoms with Gasteiger partial charge in [-0.25, -0.2) is 4.79 Å². The molecule has 1 saturated heterocycles. The van der Waals surface area contributed by atoms with Crippen LogP contribution in [0.25, 0.3) is 11.1 Å². The Morgan fingerprint density at radius 2 is 1.54 bits per heavy atom. The molecule has 0 saturated carbocycles. The van der Waals surface area contributed by atoms with E-state index in [0.717, 1.165) is 11.1 Å². The largest absolute Gasteiger partial charge is 0.481 e. The average Bonchev–Trinajstić information content (AvgIpc) is 3.24. The zero-order valence-corrected chi connectivity index (χ0v) is 33.2. The minimum absolute atomic E-state index is 0.0283. The third kappa shape index (κ3) is 14.0. The van der Waals surface area contributed by atoms with Crippen molar-refractivity contribution < 1.29 is 72.4 Å². The normalized spacial score (nSPS) is 16.8. The van der Waals surface area contributed by atoms with Gasteiger partial charge in [-0.3, -0.25) is 43.0 Å². The van der Waals surface area contributed by atoms with Crippen molar-refractivity contribution in [3.8, 4) is 16.9 Å². The number of esters is 1. The van der Waals surface area contributed by atoms with Gasteiger partial charge in [0.05, 0.1) is 44.8 Å². The van der Waals surface area contributed by atoms with Crippen LogP contribution in [-0.2, 0) is 43.0 Å². The number of morpholine rings is 1. The smallest absolute Gasteiger partial charge is 0.328 e. The Balaban J connectivity index is 1.35. The van der Waals surface area contributed by atoms with Gasteiger partial charge >= 0.3 is 17.9 Å². The second kappa shape index (κ2) is 22.6. The number of carboxylic acid groups (broad SMARTS) is 2. The van der Waals surface area contributed by atoms with Gasteiger partial charge < -0.3 is 62.3 Å². The third-order valence-corrected chi connectivity index (χ3v) is 9.87. The number of amides is 4. The number of Topliss-reactive ketones (excluding diaryl/α,β-unsaturated/α-hetero) is 1. The molecular weight excluding hydrogens is 804 g/mol. The maximum Gasteiger partial charge on any atom is 0.328 e. The predicted molar refractivity (Wildman–Crippen MR) is 212 cm³/mol. The number of nitrogens with zero attached hydrogens (tertiary/aromatic N) is 2. The molecule has 2 aliphatic rings. The number of ether oxygens (including phenoxy) is 3. The van der Waals surface area contributed by atoms with Gasteiger partial charge in [0.2, 0.25) is 36.6 Å². The summed E-state index contributed by atoms with van der Waals surface area (Å²) < 4.78 is 18.0. The molecule has 2 aromatic rings. The summed E-state index contributed by atoms with van der Waals surface area (Å²) in [7, 11) is 0. The van der Waals surface area contributed by atoms with Crippen LogP contribution in [0.3, 0.4) is 0 Å². The van der Waals surface area contributed by atoms with E-state index >= 15 is 0 Å². The molecule has 0 bridgehead atoms. The molecule has 0 aliphatic carbocycles. The van der Waals surface area contributed by atoms with Crippen LogP contribution in [0.4, 0.5) is 0 Å². The Morgan fingerprint density at radius 1 is 0.852 bits per heavy atom. The lowest BCUT2D eigenvalue weighted by Crippen LogP contribution is -2.65. The van der Waals surface area contributed by atoms with E-state index in [1.807, 2.05) is 41.7 Å². The molecule has 4 amide bonds. The Hall–Kier alpha value is -6.65. The van der Waals surface area contributed by atoms with Gasteiger partial charge in [0.15, 0.2) is 11.7 Å². The number of aliphatic imine (C=N–C) groups is 1. The van der Waals surface area contributed by atoms with E-state index in [1.54, 1.807) is 12.1 Å². The van der Waals surface area contributed by atoms with E-state index < -0.39 is 91.9 Å². The van der Waals surface area contributed by atoms with Gasteiger partial charge in [-0.05, 0) is 24.5 Å². The first-order valence-corrected chi connectivity index (χ1v) is 19.4. The van der Waals surface area contributed by atoms with E-state index in [9.17, 15) is 48.6 Å². The Bertz CT molecular complexity index is 1950. The quantitative estimate of drug-likeness (QED) is 0.0202. The third-order valence-electron chi connectivity index (χ3n) is 9.87. The molecule has 0 spiro atoms. The second-order valence-electron chi connectivity index (χ2n) is 14.3. The van der Waals surface area contributed by atoms with E-state index in [0.29, 0.717) is 37.6 Å². The lowest BCUT2D eigenvalue weighted by atomic mass is 9.95. The number of hydrogen-bond acceptors (Lipinski definition) is 13. The van der Waals surface area contributed by atoms with Gasteiger partial charge in [0, 0.05) is 18.5 Å². The summed E-state index contributed by atoms with van der Waals surface area (Å²) in [6, 6.07) is 10.1. The van der Waals surface area contributed by atoms with Crippen molar-refractivity contribution >= 4 is 53.3 Å². The lowest BCUT2D eigenvalue weighted by Gasteiger charge is -2.46. The fourth-order valence-electron chi connectivity index (χ4n) is 6.59. The molecule has 1 unspecified atom stereocenters.